The number of imidazole rings is 1. The van der Waals surface area contributed by atoms with Crippen LogP contribution in [0.1, 0.15) is 15.9 Å². The quantitative estimate of drug-likeness (QED) is 0.586. The average Bonchev–Trinajstić information content (AvgIpc) is 3.04. The lowest BCUT2D eigenvalue weighted by atomic mass is 10.1. The zero-order valence-electron chi connectivity index (χ0n) is 15.1. The molecule has 0 radical (unpaired) electrons. The van der Waals surface area contributed by atoms with Gasteiger partial charge in [0.2, 0.25) is 5.43 Å². The minimum atomic E-state index is -0.591. The van der Waals surface area contributed by atoms with E-state index in [2.05, 4.69) is 15.6 Å². The van der Waals surface area contributed by atoms with Gasteiger partial charge in [-0.15, -0.1) is 0 Å². The molecule has 1 amide bonds. The number of hydrogen-bond acceptors (Lipinski definition) is 4. The van der Waals surface area contributed by atoms with E-state index in [0.29, 0.717) is 16.9 Å². The van der Waals surface area contributed by atoms with Gasteiger partial charge in [0.25, 0.3) is 5.91 Å². The molecule has 0 fully saturated rings. The third kappa shape index (κ3) is 2.43. The summed E-state index contributed by atoms with van der Waals surface area (Å²) in [5, 5.41) is 5.39. The van der Waals surface area contributed by atoms with E-state index in [1.54, 1.807) is 11.4 Å². The van der Waals surface area contributed by atoms with Crippen molar-refractivity contribution in [3.05, 3.63) is 63.7 Å². The lowest BCUT2D eigenvalue weighted by Crippen LogP contribution is -2.26. The summed E-state index contributed by atoms with van der Waals surface area (Å²) in [5.41, 5.74) is 2.35. The maximum Gasteiger partial charge on any atom is 0.256 e. The molecular weight excluding hydrogens is 347 g/mol. The summed E-state index contributed by atoms with van der Waals surface area (Å²) in [4.78, 5) is 29.6. The molecule has 0 aliphatic rings. The van der Waals surface area contributed by atoms with Crippen molar-refractivity contribution in [1.82, 2.24) is 14.7 Å². The van der Waals surface area contributed by atoms with Crippen molar-refractivity contribution in [2.45, 2.75) is 6.92 Å². The molecular formula is C20H17FN4O2. The number of pyridine rings is 1. The van der Waals surface area contributed by atoms with Crippen LogP contribution in [-0.4, -0.2) is 29.4 Å². The molecule has 2 heterocycles. The van der Waals surface area contributed by atoms with Gasteiger partial charge in [0, 0.05) is 25.9 Å². The van der Waals surface area contributed by atoms with Crippen LogP contribution in [0.25, 0.3) is 27.8 Å². The van der Waals surface area contributed by atoms with E-state index in [1.807, 2.05) is 31.2 Å². The molecule has 27 heavy (non-hydrogen) atoms. The van der Waals surface area contributed by atoms with Gasteiger partial charge in [-0.25, -0.2) is 9.37 Å². The van der Waals surface area contributed by atoms with E-state index in [1.165, 1.54) is 13.2 Å². The summed E-state index contributed by atoms with van der Waals surface area (Å²) in [7, 11) is 3.04. The Morgan fingerprint density at radius 1 is 1.19 bits per heavy atom. The molecule has 2 aromatic carbocycles. The molecule has 136 valence electrons. The Morgan fingerprint density at radius 3 is 2.52 bits per heavy atom. The molecule has 2 N–H and O–H groups in total. The summed E-state index contributed by atoms with van der Waals surface area (Å²) >= 11 is 0. The molecule has 4 aromatic rings. The van der Waals surface area contributed by atoms with Crippen LogP contribution >= 0.6 is 0 Å². The molecule has 0 saturated carbocycles. The van der Waals surface area contributed by atoms with Gasteiger partial charge in [-0.2, -0.15) is 0 Å². The number of halogens is 1. The highest BCUT2D eigenvalue weighted by Gasteiger charge is 2.23. The molecule has 0 saturated heterocycles. The Kier molecular flexibility index (Phi) is 3.80. The number of amides is 1. The molecule has 0 atom stereocenters. The van der Waals surface area contributed by atoms with Crippen LogP contribution in [0.5, 0.6) is 0 Å². The van der Waals surface area contributed by atoms with Gasteiger partial charge in [0.15, 0.2) is 0 Å². The highest BCUT2D eigenvalue weighted by atomic mass is 19.1. The van der Waals surface area contributed by atoms with Crippen LogP contribution in [0.15, 0.2) is 41.3 Å². The largest absolute Gasteiger partial charge is 0.384 e. The Labute approximate surface area is 154 Å². The van der Waals surface area contributed by atoms with Crippen molar-refractivity contribution in [1.29, 1.82) is 0 Å². The number of anilines is 1. The normalized spacial score (nSPS) is 11.3. The smallest absolute Gasteiger partial charge is 0.256 e. The summed E-state index contributed by atoms with van der Waals surface area (Å²) in [5.74, 6) is -0.589. The minimum absolute atomic E-state index is 0.0609. The summed E-state index contributed by atoms with van der Waals surface area (Å²) in [6.45, 7) is 1.98. The Hall–Kier alpha value is -3.48. The van der Waals surface area contributed by atoms with Gasteiger partial charge in [-0.1, -0.05) is 29.8 Å². The molecule has 7 heteroatoms. The molecule has 2 aromatic heterocycles. The molecule has 0 aliphatic carbocycles. The topological polar surface area (TPSA) is 75.5 Å². The Balaban J connectivity index is 2.20. The fraction of sp³-hybridized carbons (Fsp3) is 0.150. The summed E-state index contributed by atoms with van der Waals surface area (Å²) < 4.78 is 16.3. The maximum absolute atomic E-state index is 14.6. The zero-order valence-corrected chi connectivity index (χ0v) is 15.1. The first-order valence-corrected chi connectivity index (χ1v) is 8.44. The Morgan fingerprint density at radius 2 is 1.89 bits per heavy atom. The molecule has 0 unspecified atom stereocenters. The number of carbonyl (C=O) groups excluding carboxylic acids is 1. The van der Waals surface area contributed by atoms with Crippen molar-refractivity contribution in [3.8, 4) is 11.4 Å². The number of nitrogens with one attached hydrogen (secondary N) is 2. The van der Waals surface area contributed by atoms with Gasteiger partial charge in [-0.3, -0.25) is 14.0 Å². The van der Waals surface area contributed by atoms with E-state index in [4.69, 9.17) is 0 Å². The second-order valence-electron chi connectivity index (χ2n) is 6.35. The number of hydrogen-bond donors (Lipinski definition) is 2. The molecule has 0 bridgehead atoms. The monoisotopic (exact) mass is 364 g/mol. The van der Waals surface area contributed by atoms with Gasteiger partial charge >= 0.3 is 0 Å². The summed E-state index contributed by atoms with van der Waals surface area (Å²) in [6.07, 6.45) is 1.47. The maximum atomic E-state index is 14.6. The first-order valence-electron chi connectivity index (χ1n) is 8.44. The third-order valence-corrected chi connectivity index (χ3v) is 4.69. The van der Waals surface area contributed by atoms with Crippen molar-refractivity contribution in [3.63, 3.8) is 0 Å². The number of nitrogens with zero attached hydrogens (tertiary/aromatic N) is 2. The van der Waals surface area contributed by atoms with E-state index in [0.717, 1.165) is 17.2 Å². The lowest BCUT2D eigenvalue weighted by Gasteiger charge is -2.08. The van der Waals surface area contributed by atoms with Crippen molar-refractivity contribution >= 4 is 28.0 Å². The number of carbonyl (C=O) groups is 1. The fourth-order valence-corrected chi connectivity index (χ4v) is 3.32. The van der Waals surface area contributed by atoms with Gasteiger partial charge in [-0.05, 0) is 13.0 Å². The van der Waals surface area contributed by atoms with Gasteiger partial charge in [0.1, 0.15) is 22.7 Å². The van der Waals surface area contributed by atoms with E-state index >= 15 is 0 Å². The van der Waals surface area contributed by atoms with Gasteiger partial charge in [0.05, 0.1) is 16.6 Å². The predicted molar refractivity (Wildman–Crippen MR) is 103 cm³/mol. The highest BCUT2D eigenvalue weighted by Crippen LogP contribution is 2.33. The minimum Gasteiger partial charge on any atom is -0.384 e. The van der Waals surface area contributed by atoms with Crippen molar-refractivity contribution in [2.75, 3.05) is 19.4 Å². The van der Waals surface area contributed by atoms with Crippen LogP contribution in [0.4, 0.5) is 10.1 Å². The number of benzene rings is 2. The van der Waals surface area contributed by atoms with Crippen LogP contribution in [0, 0.1) is 12.7 Å². The van der Waals surface area contributed by atoms with Gasteiger partial charge < -0.3 is 10.6 Å². The fourth-order valence-electron chi connectivity index (χ4n) is 3.32. The summed E-state index contributed by atoms with van der Waals surface area (Å²) in [6, 6.07) is 8.85. The second-order valence-corrected chi connectivity index (χ2v) is 6.35. The SMILES string of the molecule is CNC(=O)c1cn2c(-c3ccc(C)cc3)nc3c(NC)c(F)cc(c1=O)c32. The van der Waals surface area contributed by atoms with Crippen molar-refractivity contribution < 1.29 is 9.18 Å². The molecule has 0 spiro atoms. The highest BCUT2D eigenvalue weighted by molar-refractivity contribution is 6.05. The molecule has 4 rings (SSSR count). The predicted octanol–water partition coefficient (Wildman–Crippen LogP) is 2.80. The number of aryl methyl sites for hydroxylation is 1. The van der Waals surface area contributed by atoms with E-state index < -0.39 is 17.2 Å². The van der Waals surface area contributed by atoms with Crippen molar-refractivity contribution in [2.24, 2.45) is 0 Å². The standard InChI is InChI=1S/C20H17FN4O2/c1-10-4-6-11(7-5-10)19-24-16-15(22-2)14(21)8-12-17(16)25(19)9-13(18(12)26)20(27)23-3/h4-9,22H,1-3H3,(H,23,27). The average molecular weight is 364 g/mol. The molecule has 0 aliphatic heterocycles. The number of aromatic nitrogens is 2. The zero-order chi connectivity index (χ0) is 19.3. The second kappa shape index (κ2) is 6.05. The van der Waals surface area contributed by atoms with Crippen LogP contribution < -0.4 is 16.1 Å². The van der Waals surface area contributed by atoms with Crippen LogP contribution in [0.2, 0.25) is 0 Å². The lowest BCUT2D eigenvalue weighted by molar-refractivity contribution is 0.0962. The third-order valence-electron chi connectivity index (χ3n) is 4.69. The van der Waals surface area contributed by atoms with Crippen LogP contribution in [0.3, 0.4) is 0 Å². The first-order chi connectivity index (χ1) is 13.0. The number of rotatable bonds is 3. The van der Waals surface area contributed by atoms with Crippen LogP contribution in [-0.2, 0) is 0 Å². The Bertz CT molecular complexity index is 1250. The van der Waals surface area contributed by atoms with E-state index in [9.17, 15) is 14.0 Å². The molecule has 6 nitrogen and oxygen atoms in total. The van der Waals surface area contributed by atoms with E-state index in [-0.39, 0.29) is 16.6 Å². The first kappa shape index (κ1) is 17.0.